The Bertz CT molecular complexity index is 328. The van der Waals surface area contributed by atoms with E-state index in [2.05, 4.69) is 38.3 Å². The summed E-state index contributed by atoms with van der Waals surface area (Å²) in [6, 6.07) is 0. The molecule has 0 N–H and O–H groups in total. The summed E-state index contributed by atoms with van der Waals surface area (Å²) in [7, 11) is 0. The minimum atomic E-state index is 0.241. The number of carbonyl (C=O) groups is 1. The highest BCUT2D eigenvalue weighted by Gasteiger charge is 2.41. The highest BCUT2D eigenvalue weighted by molar-refractivity contribution is 7.80. The minimum absolute atomic E-state index is 0.241. The van der Waals surface area contributed by atoms with Crippen LogP contribution in [0.1, 0.15) is 59.3 Å². The normalized spacial score (nSPS) is 27.9. The maximum Gasteiger partial charge on any atom is 0.222 e. The molecule has 0 aromatic carbocycles. The number of nitrogens with zero attached hydrogens (tertiary/aromatic N) is 1. The van der Waals surface area contributed by atoms with Crippen molar-refractivity contribution in [2.45, 2.75) is 59.3 Å². The number of hydrogen-bond donors (Lipinski definition) is 1. The molecule has 19 heavy (non-hydrogen) atoms. The van der Waals surface area contributed by atoms with Gasteiger partial charge in [-0.15, -0.1) is 0 Å². The van der Waals surface area contributed by atoms with Crippen LogP contribution < -0.4 is 0 Å². The van der Waals surface area contributed by atoms with Gasteiger partial charge in [-0.2, -0.15) is 12.6 Å². The van der Waals surface area contributed by atoms with E-state index >= 15 is 0 Å². The third-order valence-corrected chi connectivity index (χ3v) is 5.89. The molecule has 2 rings (SSSR count). The average molecular weight is 283 g/mol. The van der Waals surface area contributed by atoms with Gasteiger partial charge in [0.1, 0.15) is 0 Å². The zero-order valence-electron chi connectivity index (χ0n) is 12.7. The largest absolute Gasteiger partial charge is 0.342 e. The highest BCUT2D eigenvalue weighted by Crippen LogP contribution is 2.41. The van der Waals surface area contributed by atoms with Gasteiger partial charge in [-0.3, -0.25) is 4.79 Å². The molecule has 1 heterocycles. The molecule has 1 atom stereocenters. The maximum absolute atomic E-state index is 12.3. The molecular formula is C16H29NOS. The summed E-state index contributed by atoms with van der Waals surface area (Å²) in [5.74, 6) is 1.81. The van der Waals surface area contributed by atoms with Gasteiger partial charge in [0.2, 0.25) is 5.91 Å². The number of thiol groups is 1. The number of hydrogen-bond acceptors (Lipinski definition) is 2. The topological polar surface area (TPSA) is 20.3 Å². The van der Waals surface area contributed by atoms with Gasteiger partial charge in [-0.05, 0) is 35.3 Å². The van der Waals surface area contributed by atoms with Crippen molar-refractivity contribution in [3.05, 3.63) is 0 Å². The van der Waals surface area contributed by atoms with E-state index in [9.17, 15) is 4.79 Å². The average Bonchev–Trinajstić information content (AvgIpc) is 2.72. The van der Waals surface area contributed by atoms with Crippen molar-refractivity contribution in [3.63, 3.8) is 0 Å². The molecule has 1 saturated carbocycles. The number of amides is 1. The zero-order valence-corrected chi connectivity index (χ0v) is 13.6. The summed E-state index contributed by atoms with van der Waals surface area (Å²) < 4.78 is 0. The van der Waals surface area contributed by atoms with E-state index in [4.69, 9.17) is 0 Å². The van der Waals surface area contributed by atoms with E-state index in [0.29, 0.717) is 17.2 Å². The van der Waals surface area contributed by atoms with E-state index in [-0.39, 0.29) is 5.41 Å². The number of likely N-dealkylation sites (tertiary alicyclic amines) is 1. The zero-order chi connectivity index (χ0) is 14.1. The molecule has 1 saturated heterocycles. The van der Waals surface area contributed by atoms with E-state index in [1.165, 1.54) is 32.1 Å². The van der Waals surface area contributed by atoms with Crippen molar-refractivity contribution >= 4 is 18.5 Å². The fourth-order valence-electron chi connectivity index (χ4n) is 3.58. The standard InChI is InChI=1S/C16H29NOS/c1-15(2,3)13-9-14(18)17(10-13)11-16(12-19)7-5-4-6-8-16/h13,19H,4-12H2,1-3H3. The minimum Gasteiger partial charge on any atom is -0.342 e. The molecule has 2 fully saturated rings. The number of carbonyl (C=O) groups excluding carboxylic acids is 1. The van der Waals surface area contributed by atoms with Gasteiger partial charge >= 0.3 is 0 Å². The molecule has 2 aliphatic rings. The van der Waals surface area contributed by atoms with Gasteiger partial charge < -0.3 is 4.90 Å². The Morgan fingerprint density at radius 1 is 1.26 bits per heavy atom. The summed E-state index contributed by atoms with van der Waals surface area (Å²) in [5, 5.41) is 0. The number of rotatable bonds is 3. The van der Waals surface area contributed by atoms with E-state index in [0.717, 1.165) is 25.3 Å². The second-order valence-corrected chi connectivity index (χ2v) is 8.08. The molecular weight excluding hydrogens is 254 g/mol. The first-order chi connectivity index (χ1) is 8.86. The second kappa shape index (κ2) is 5.67. The lowest BCUT2D eigenvalue weighted by Gasteiger charge is -2.39. The molecule has 1 aliphatic heterocycles. The van der Waals surface area contributed by atoms with Crippen molar-refractivity contribution in [1.82, 2.24) is 4.90 Å². The Labute approximate surface area is 123 Å². The Morgan fingerprint density at radius 2 is 1.89 bits per heavy atom. The molecule has 2 nitrogen and oxygen atoms in total. The molecule has 1 aliphatic carbocycles. The molecule has 0 radical (unpaired) electrons. The van der Waals surface area contributed by atoms with Crippen LogP contribution in [0.15, 0.2) is 0 Å². The van der Waals surface area contributed by atoms with Crippen molar-refractivity contribution in [2.75, 3.05) is 18.8 Å². The lowest BCUT2D eigenvalue weighted by atomic mass is 9.75. The van der Waals surface area contributed by atoms with Gasteiger partial charge in [0.05, 0.1) is 0 Å². The predicted octanol–water partition coefficient (Wildman–Crippen LogP) is 3.76. The Morgan fingerprint density at radius 3 is 2.37 bits per heavy atom. The van der Waals surface area contributed by atoms with E-state index in [1.807, 2.05) is 0 Å². The van der Waals surface area contributed by atoms with Crippen LogP contribution in [0.5, 0.6) is 0 Å². The van der Waals surface area contributed by atoms with Crippen molar-refractivity contribution < 1.29 is 4.79 Å². The Kier molecular flexibility index (Phi) is 4.54. The van der Waals surface area contributed by atoms with Gasteiger partial charge in [0.15, 0.2) is 0 Å². The molecule has 0 bridgehead atoms. The van der Waals surface area contributed by atoms with E-state index in [1.54, 1.807) is 0 Å². The van der Waals surface area contributed by atoms with Crippen molar-refractivity contribution in [1.29, 1.82) is 0 Å². The summed E-state index contributed by atoms with van der Waals surface area (Å²) in [4.78, 5) is 14.4. The first-order valence-electron chi connectivity index (χ1n) is 7.75. The SMILES string of the molecule is CC(C)(C)C1CC(=O)N(CC2(CS)CCCCC2)C1. The van der Waals surface area contributed by atoms with Crippen LogP contribution in [-0.4, -0.2) is 29.6 Å². The summed E-state index contributed by atoms with van der Waals surface area (Å²) >= 11 is 4.59. The van der Waals surface area contributed by atoms with E-state index < -0.39 is 0 Å². The Hall–Kier alpha value is -0.180. The molecule has 0 spiro atoms. The molecule has 0 aromatic rings. The van der Waals surface area contributed by atoms with Gasteiger partial charge in [-0.1, -0.05) is 40.0 Å². The van der Waals surface area contributed by atoms with Crippen LogP contribution in [0.2, 0.25) is 0 Å². The fourth-order valence-corrected chi connectivity index (χ4v) is 3.99. The lowest BCUT2D eigenvalue weighted by Crippen LogP contribution is -2.41. The molecule has 1 unspecified atom stereocenters. The predicted molar refractivity (Wildman–Crippen MR) is 83.5 cm³/mol. The Balaban J connectivity index is 2.00. The highest BCUT2D eigenvalue weighted by atomic mass is 32.1. The van der Waals surface area contributed by atoms with Gasteiger partial charge in [-0.25, -0.2) is 0 Å². The summed E-state index contributed by atoms with van der Waals surface area (Å²) in [5.41, 5.74) is 0.537. The molecule has 0 aromatic heterocycles. The second-order valence-electron chi connectivity index (χ2n) is 7.76. The fraction of sp³-hybridized carbons (Fsp3) is 0.938. The van der Waals surface area contributed by atoms with Crippen LogP contribution >= 0.6 is 12.6 Å². The quantitative estimate of drug-likeness (QED) is 0.782. The smallest absolute Gasteiger partial charge is 0.222 e. The summed E-state index contributed by atoms with van der Waals surface area (Å²) in [6.07, 6.45) is 7.22. The van der Waals surface area contributed by atoms with Crippen LogP contribution in [0.25, 0.3) is 0 Å². The molecule has 1 amide bonds. The first kappa shape index (κ1) is 15.2. The first-order valence-corrected chi connectivity index (χ1v) is 8.38. The van der Waals surface area contributed by atoms with Gasteiger partial charge in [0, 0.05) is 19.5 Å². The third kappa shape index (κ3) is 3.48. The monoisotopic (exact) mass is 283 g/mol. The maximum atomic E-state index is 12.3. The van der Waals surface area contributed by atoms with Crippen LogP contribution in [0.4, 0.5) is 0 Å². The lowest BCUT2D eigenvalue weighted by molar-refractivity contribution is -0.129. The van der Waals surface area contributed by atoms with Crippen molar-refractivity contribution in [2.24, 2.45) is 16.7 Å². The summed E-state index contributed by atoms with van der Waals surface area (Å²) in [6.45, 7) is 8.66. The van der Waals surface area contributed by atoms with Crippen LogP contribution in [0.3, 0.4) is 0 Å². The van der Waals surface area contributed by atoms with Crippen molar-refractivity contribution in [3.8, 4) is 0 Å². The molecule has 3 heteroatoms. The molecule has 110 valence electrons. The third-order valence-electron chi connectivity index (χ3n) is 5.22. The van der Waals surface area contributed by atoms with Crippen LogP contribution in [0, 0.1) is 16.7 Å². The van der Waals surface area contributed by atoms with Gasteiger partial charge in [0.25, 0.3) is 0 Å². The van der Waals surface area contributed by atoms with Crippen LogP contribution in [-0.2, 0) is 4.79 Å².